The van der Waals surface area contributed by atoms with Crippen LogP contribution in [0.5, 0.6) is 5.75 Å². The number of nitro groups is 1. The van der Waals surface area contributed by atoms with E-state index in [4.69, 9.17) is 9.47 Å². The molecule has 1 aliphatic heterocycles. The third-order valence-electron chi connectivity index (χ3n) is 3.51. The van der Waals surface area contributed by atoms with Gasteiger partial charge in [0.05, 0.1) is 29.7 Å². The van der Waals surface area contributed by atoms with Crippen molar-refractivity contribution in [2.24, 2.45) is 0 Å². The van der Waals surface area contributed by atoms with Gasteiger partial charge in [0.1, 0.15) is 11.7 Å². The van der Waals surface area contributed by atoms with Crippen LogP contribution in [0.2, 0.25) is 0 Å². The maximum atomic E-state index is 11.9. The van der Waals surface area contributed by atoms with Crippen molar-refractivity contribution >= 4 is 22.7 Å². The second-order valence-corrected chi connectivity index (χ2v) is 6.66. The fourth-order valence-electron chi connectivity index (χ4n) is 2.36. The Kier molecular flexibility index (Phi) is 3.78. The molecule has 0 aliphatic carbocycles. The van der Waals surface area contributed by atoms with Crippen LogP contribution in [0.3, 0.4) is 0 Å². The molecule has 0 bridgehead atoms. The molecular weight excluding hydrogens is 316 g/mol. The number of ether oxygens (including phenoxy) is 2. The summed E-state index contributed by atoms with van der Waals surface area (Å²) in [6, 6.07) is 2.97. The van der Waals surface area contributed by atoms with Crippen molar-refractivity contribution in [3.8, 4) is 5.75 Å². The van der Waals surface area contributed by atoms with E-state index in [9.17, 15) is 14.9 Å². The third kappa shape index (κ3) is 3.24. The average Bonchev–Trinajstić information content (AvgIpc) is 2.86. The highest BCUT2D eigenvalue weighted by molar-refractivity contribution is 5.83. The van der Waals surface area contributed by atoms with E-state index in [1.807, 2.05) is 0 Å². The van der Waals surface area contributed by atoms with Gasteiger partial charge in [0.25, 0.3) is 0 Å². The van der Waals surface area contributed by atoms with Gasteiger partial charge in [-0.25, -0.2) is 4.79 Å². The first-order chi connectivity index (χ1) is 11.2. The van der Waals surface area contributed by atoms with Gasteiger partial charge in [-0.15, -0.1) is 0 Å². The van der Waals surface area contributed by atoms with Crippen LogP contribution in [0.1, 0.15) is 20.8 Å². The number of amides is 1. The molecular formula is C15H18N4O5. The number of hydrogen-bond donors (Lipinski definition) is 1. The summed E-state index contributed by atoms with van der Waals surface area (Å²) in [6.07, 6.45) is 0.789. The van der Waals surface area contributed by atoms with Crippen LogP contribution in [-0.4, -0.2) is 50.9 Å². The Morgan fingerprint density at radius 3 is 2.75 bits per heavy atom. The second-order valence-electron chi connectivity index (χ2n) is 6.66. The number of likely N-dealkylation sites (tertiary alicyclic amines) is 1. The average molecular weight is 334 g/mol. The Morgan fingerprint density at radius 1 is 1.42 bits per heavy atom. The number of fused-ring (bicyclic) bond motifs is 1. The summed E-state index contributed by atoms with van der Waals surface area (Å²) in [5.74, 6) is 0.158. The van der Waals surface area contributed by atoms with E-state index in [0.29, 0.717) is 24.0 Å². The minimum Gasteiger partial charge on any atom is -0.480 e. The van der Waals surface area contributed by atoms with E-state index >= 15 is 0 Å². The number of nitrogens with zero attached hydrogens (tertiary/aromatic N) is 3. The van der Waals surface area contributed by atoms with Gasteiger partial charge in [-0.05, 0) is 20.8 Å². The standard InChI is InChI=1S/C15H18N4O5/c1-15(2,3)24-14(20)18-7-10(8-18)23-13-5-11-9(6-16-17-11)4-12(13)19(21)22/h4-6,10H,7-8H2,1-3H3,(H,16,17). The summed E-state index contributed by atoms with van der Waals surface area (Å²) in [6.45, 7) is 6.03. The number of nitrogens with one attached hydrogen (secondary N) is 1. The van der Waals surface area contributed by atoms with Gasteiger partial charge in [-0.2, -0.15) is 5.10 Å². The largest absolute Gasteiger partial charge is 0.480 e. The number of carbonyl (C=O) groups excluding carboxylic acids is 1. The molecule has 9 heteroatoms. The molecule has 3 rings (SSSR count). The molecule has 2 heterocycles. The van der Waals surface area contributed by atoms with Crippen LogP contribution in [-0.2, 0) is 4.74 Å². The molecule has 0 spiro atoms. The fraction of sp³-hybridized carbons (Fsp3) is 0.467. The molecule has 1 amide bonds. The maximum Gasteiger partial charge on any atom is 0.410 e. The normalized spacial score (nSPS) is 15.2. The third-order valence-corrected chi connectivity index (χ3v) is 3.51. The smallest absolute Gasteiger partial charge is 0.410 e. The van der Waals surface area contributed by atoms with E-state index < -0.39 is 16.6 Å². The van der Waals surface area contributed by atoms with E-state index in [0.717, 1.165) is 0 Å². The summed E-state index contributed by atoms with van der Waals surface area (Å²) in [4.78, 5) is 24.1. The van der Waals surface area contributed by atoms with Crippen LogP contribution in [0.4, 0.5) is 10.5 Å². The molecule has 1 fully saturated rings. The molecule has 0 unspecified atom stereocenters. The molecule has 2 aromatic rings. The maximum absolute atomic E-state index is 11.9. The zero-order valence-electron chi connectivity index (χ0n) is 13.6. The number of benzene rings is 1. The van der Waals surface area contributed by atoms with Crippen LogP contribution in [0.15, 0.2) is 18.3 Å². The van der Waals surface area contributed by atoms with Crippen LogP contribution in [0.25, 0.3) is 10.9 Å². The number of aromatic nitrogens is 2. The molecule has 1 N–H and O–H groups in total. The summed E-state index contributed by atoms with van der Waals surface area (Å²) >= 11 is 0. The van der Waals surface area contributed by atoms with Gasteiger partial charge in [0.2, 0.25) is 0 Å². The number of rotatable bonds is 3. The van der Waals surface area contributed by atoms with Gasteiger partial charge < -0.3 is 14.4 Å². The van der Waals surface area contributed by atoms with E-state index in [2.05, 4.69) is 10.2 Å². The molecule has 1 aromatic carbocycles. The second kappa shape index (κ2) is 5.66. The van der Waals surface area contributed by atoms with Crippen molar-refractivity contribution < 1.29 is 19.2 Å². The molecule has 0 atom stereocenters. The Morgan fingerprint density at radius 2 is 2.12 bits per heavy atom. The number of carbonyl (C=O) groups is 1. The first-order valence-electron chi connectivity index (χ1n) is 7.49. The molecule has 128 valence electrons. The minimum atomic E-state index is -0.562. The quantitative estimate of drug-likeness (QED) is 0.682. The molecule has 1 aromatic heterocycles. The van der Waals surface area contributed by atoms with Gasteiger partial charge in [0, 0.05) is 17.5 Å². The fourth-order valence-corrected chi connectivity index (χ4v) is 2.36. The van der Waals surface area contributed by atoms with Crippen LogP contribution < -0.4 is 4.74 Å². The molecule has 1 aliphatic rings. The number of nitro benzene ring substituents is 1. The van der Waals surface area contributed by atoms with Crippen molar-refractivity contribution in [3.63, 3.8) is 0 Å². The SMILES string of the molecule is CC(C)(C)OC(=O)N1CC(Oc2cc3[nH]ncc3cc2[N+](=O)[O-])C1. The number of H-pyrrole nitrogens is 1. The lowest BCUT2D eigenvalue weighted by molar-refractivity contribution is -0.386. The Hall–Kier alpha value is -2.84. The zero-order valence-corrected chi connectivity index (χ0v) is 13.6. The Labute approximate surface area is 137 Å². The Bertz CT molecular complexity index is 789. The van der Waals surface area contributed by atoms with Crippen LogP contribution in [0, 0.1) is 10.1 Å². The van der Waals surface area contributed by atoms with Gasteiger partial charge >= 0.3 is 11.8 Å². The molecule has 0 saturated carbocycles. The summed E-state index contributed by atoms with van der Waals surface area (Å²) in [5, 5.41) is 18.5. The van der Waals surface area contributed by atoms with E-state index in [1.165, 1.54) is 17.2 Å². The summed E-state index contributed by atoms with van der Waals surface area (Å²) < 4.78 is 11.0. The lowest BCUT2D eigenvalue weighted by Gasteiger charge is -2.39. The van der Waals surface area contributed by atoms with Crippen LogP contribution >= 0.6 is 0 Å². The minimum absolute atomic E-state index is 0.125. The van der Waals surface area contributed by atoms with Gasteiger partial charge in [0.15, 0.2) is 5.75 Å². The zero-order chi connectivity index (χ0) is 17.5. The van der Waals surface area contributed by atoms with Crippen molar-refractivity contribution in [2.75, 3.05) is 13.1 Å². The van der Waals surface area contributed by atoms with E-state index in [1.54, 1.807) is 26.8 Å². The van der Waals surface area contributed by atoms with Gasteiger partial charge in [-0.3, -0.25) is 15.2 Å². The first-order valence-corrected chi connectivity index (χ1v) is 7.49. The molecule has 9 nitrogen and oxygen atoms in total. The summed E-state index contributed by atoms with van der Waals surface area (Å²) in [7, 11) is 0. The summed E-state index contributed by atoms with van der Waals surface area (Å²) in [5.41, 5.74) is -0.0356. The lowest BCUT2D eigenvalue weighted by atomic mass is 10.1. The van der Waals surface area contributed by atoms with E-state index in [-0.39, 0.29) is 17.5 Å². The highest BCUT2D eigenvalue weighted by Crippen LogP contribution is 2.33. The molecule has 24 heavy (non-hydrogen) atoms. The van der Waals surface area contributed by atoms with Crippen molar-refractivity contribution in [3.05, 3.63) is 28.4 Å². The molecule has 1 saturated heterocycles. The number of aromatic amines is 1. The van der Waals surface area contributed by atoms with Crippen molar-refractivity contribution in [1.29, 1.82) is 0 Å². The van der Waals surface area contributed by atoms with Gasteiger partial charge in [-0.1, -0.05) is 0 Å². The Balaban J connectivity index is 1.68. The highest BCUT2D eigenvalue weighted by atomic mass is 16.6. The molecule has 0 radical (unpaired) electrons. The lowest BCUT2D eigenvalue weighted by Crippen LogP contribution is -2.57. The number of hydrogen-bond acceptors (Lipinski definition) is 6. The first kappa shape index (κ1) is 16.0. The highest BCUT2D eigenvalue weighted by Gasteiger charge is 2.36. The van der Waals surface area contributed by atoms with Crippen molar-refractivity contribution in [1.82, 2.24) is 15.1 Å². The monoisotopic (exact) mass is 334 g/mol. The topological polar surface area (TPSA) is 111 Å². The predicted molar refractivity (Wildman–Crippen MR) is 85.0 cm³/mol. The van der Waals surface area contributed by atoms with Crippen molar-refractivity contribution in [2.45, 2.75) is 32.5 Å². The predicted octanol–water partition coefficient (Wildman–Crippen LogP) is 2.47.